The van der Waals surface area contributed by atoms with E-state index in [1.54, 1.807) is 30.3 Å². The molecule has 0 amide bonds. The minimum atomic E-state index is -0.695. The summed E-state index contributed by atoms with van der Waals surface area (Å²) >= 11 is 0. The number of rotatable bonds is 8. The van der Waals surface area contributed by atoms with Gasteiger partial charge in [0.05, 0.1) is 12.7 Å². The lowest BCUT2D eigenvalue weighted by Crippen LogP contribution is -2.17. The number of carbonyl (C=O) groups is 1. The summed E-state index contributed by atoms with van der Waals surface area (Å²) in [5, 5.41) is 23.2. The Bertz CT molecular complexity index is 1480. The van der Waals surface area contributed by atoms with Crippen molar-refractivity contribution in [1.29, 1.82) is 5.41 Å². The number of aromatic amines is 1. The van der Waals surface area contributed by atoms with Crippen molar-refractivity contribution in [2.45, 2.75) is 19.9 Å². The number of nitrogens with two attached hydrogens (primary N) is 1. The number of nitrogen functional groups attached to an aromatic ring is 1. The second kappa shape index (κ2) is 10.0. The van der Waals surface area contributed by atoms with E-state index in [4.69, 9.17) is 20.6 Å². The molecule has 36 heavy (non-hydrogen) atoms. The molecule has 4 rings (SSSR count). The summed E-state index contributed by atoms with van der Waals surface area (Å²) < 4.78 is 11.7. The zero-order valence-electron chi connectivity index (χ0n) is 19.6. The Morgan fingerprint density at radius 3 is 2.72 bits per heavy atom. The van der Waals surface area contributed by atoms with Crippen LogP contribution in [0.1, 0.15) is 35.6 Å². The maximum absolute atomic E-state index is 12.7. The summed E-state index contributed by atoms with van der Waals surface area (Å²) in [6.45, 7) is 3.06. The molecule has 5 N–H and O–H groups in total. The molecule has 1 aromatic carbocycles. The summed E-state index contributed by atoms with van der Waals surface area (Å²) in [4.78, 5) is 31.4. The molecule has 0 unspecified atom stereocenters. The van der Waals surface area contributed by atoms with Crippen molar-refractivity contribution in [3.8, 4) is 17.4 Å². The molecule has 4 aromatic rings. The van der Waals surface area contributed by atoms with E-state index < -0.39 is 17.7 Å². The zero-order valence-corrected chi connectivity index (χ0v) is 19.6. The fourth-order valence-electron chi connectivity index (χ4n) is 3.52. The number of ether oxygens (including phenoxy) is 2. The largest absolute Gasteiger partial charge is 0.481 e. The maximum atomic E-state index is 12.7. The van der Waals surface area contributed by atoms with E-state index in [9.17, 15) is 9.59 Å². The molecule has 0 bridgehead atoms. The lowest BCUT2D eigenvalue weighted by Gasteiger charge is -2.20. The highest BCUT2D eigenvalue weighted by atomic mass is 16.5. The van der Waals surface area contributed by atoms with Gasteiger partial charge in [0.2, 0.25) is 5.88 Å². The molecule has 3 heterocycles. The fourth-order valence-corrected chi connectivity index (χ4v) is 3.52. The quantitative estimate of drug-likeness (QED) is 0.122. The summed E-state index contributed by atoms with van der Waals surface area (Å²) in [5.74, 6) is 0.183. The number of aryl methyl sites for hydroxylation is 1. The molecule has 0 spiro atoms. The topological polar surface area (TPSA) is 187 Å². The number of benzene rings is 1. The van der Waals surface area contributed by atoms with Gasteiger partial charge in [-0.1, -0.05) is 0 Å². The maximum Gasteiger partial charge on any atom is 0.349 e. The van der Waals surface area contributed by atoms with Crippen LogP contribution in [-0.2, 0) is 4.79 Å². The third-order valence-corrected chi connectivity index (χ3v) is 5.01. The van der Waals surface area contributed by atoms with Crippen LogP contribution in [0.4, 0.5) is 5.69 Å². The van der Waals surface area contributed by atoms with E-state index in [0.717, 1.165) is 4.68 Å². The first kappa shape index (κ1) is 24.1. The molecule has 0 saturated carbocycles. The van der Waals surface area contributed by atoms with Crippen LogP contribution in [0.25, 0.3) is 5.82 Å². The molecule has 184 valence electrons. The van der Waals surface area contributed by atoms with Crippen molar-refractivity contribution in [3.05, 3.63) is 81.8 Å². The minimum Gasteiger partial charge on any atom is -0.481 e. The zero-order chi connectivity index (χ0) is 25.8. The van der Waals surface area contributed by atoms with Crippen molar-refractivity contribution in [2.24, 2.45) is 5.73 Å². The van der Waals surface area contributed by atoms with Crippen LogP contribution >= 0.6 is 0 Å². The van der Waals surface area contributed by atoms with Gasteiger partial charge in [0.15, 0.2) is 11.6 Å². The number of anilines is 1. The van der Waals surface area contributed by atoms with Crippen LogP contribution in [0.3, 0.4) is 0 Å². The normalized spacial score (nSPS) is 11.5. The average molecular weight is 489 g/mol. The summed E-state index contributed by atoms with van der Waals surface area (Å²) in [7, 11) is 1.50. The van der Waals surface area contributed by atoms with Crippen molar-refractivity contribution in [3.63, 3.8) is 0 Å². The first-order chi connectivity index (χ1) is 17.2. The smallest absolute Gasteiger partial charge is 0.349 e. The van der Waals surface area contributed by atoms with E-state index >= 15 is 0 Å². The number of methoxy groups -OCH3 is 1. The number of amidine groups is 1. The molecule has 0 fully saturated rings. The Kier molecular flexibility index (Phi) is 6.72. The highest BCUT2D eigenvalue weighted by molar-refractivity contribution is 5.98. The molecule has 0 radical (unpaired) electrons. The molecule has 0 aliphatic rings. The van der Waals surface area contributed by atoms with Gasteiger partial charge >= 0.3 is 11.7 Å². The number of pyridine rings is 1. The van der Waals surface area contributed by atoms with Crippen molar-refractivity contribution in [1.82, 2.24) is 29.9 Å². The number of carbonyl (C=O) groups excluding carboxylic acids is 1. The van der Waals surface area contributed by atoms with E-state index in [1.807, 2.05) is 13.0 Å². The standard InChI is InChI=1S/C23H23N9O4/c1-12-9-14(10-19(27-12)35-3)20(22-29-23(34)32(31-22)18-5-4-8-26-30-18)28-15-6-7-16(21(24)25)17(11-15)36-13(2)33/h4-11,20,28H,1-3H3,(H3,24,25)(H,29,31,34)/t20-/m0/s1. The highest BCUT2D eigenvalue weighted by Crippen LogP contribution is 2.30. The monoisotopic (exact) mass is 489 g/mol. The second-order valence-corrected chi connectivity index (χ2v) is 7.69. The van der Waals surface area contributed by atoms with Crippen molar-refractivity contribution < 1.29 is 14.3 Å². The van der Waals surface area contributed by atoms with Gasteiger partial charge in [-0.25, -0.2) is 9.78 Å². The average Bonchev–Trinajstić information content (AvgIpc) is 3.23. The van der Waals surface area contributed by atoms with Gasteiger partial charge in [0, 0.05) is 36.6 Å². The molecule has 0 aliphatic heterocycles. The molecule has 13 heteroatoms. The van der Waals surface area contributed by atoms with E-state index in [0.29, 0.717) is 22.8 Å². The SMILES string of the molecule is COc1cc([C@H](Nc2ccc(C(=N)N)c(OC(C)=O)c2)c2nn(-c3cccnn3)c(=O)[nH]2)cc(C)n1. The van der Waals surface area contributed by atoms with E-state index in [2.05, 4.69) is 30.6 Å². The van der Waals surface area contributed by atoms with Gasteiger partial charge in [0.25, 0.3) is 0 Å². The molecular formula is C23H23N9O4. The first-order valence-corrected chi connectivity index (χ1v) is 10.7. The Labute approximate surface area is 204 Å². The summed E-state index contributed by atoms with van der Waals surface area (Å²) in [6, 6.07) is 10.8. The minimum absolute atomic E-state index is 0.112. The van der Waals surface area contributed by atoms with Crippen LogP contribution in [0.5, 0.6) is 11.6 Å². The van der Waals surface area contributed by atoms with Gasteiger partial charge in [-0.15, -0.1) is 10.2 Å². The number of esters is 1. The molecule has 0 saturated heterocycles. The fraction of sp³-hybridized carbons (Fsp3) is 0.174. The third kappa shape index (κ3) is 5.19. The predicted octanol–water partition coefficient (Wildman–Crippen LogP) is 1.47. The lowest BCUT2D eigenvalue weighted by atomic mass is 10.1. The van der Waals surface area contributed by atoms with Crippen LogP contribution in [-0.4, -0.2) is 48.9 Å². The number of H-pyrrole nitrogens is 1. The van der Waals surface area contributed by atoms with Gasteiger partial charge in [-0.2, -0.15) is 9.78 Å². The van der Waals surface area contributed by atoms with Crippen LogP contribution in [0.2, 0.25) is 0 Å². The molecule has 0 aliphatic carbocycles. The Balaban J connectivity index is 1.82. The molecular weight excluding hydrogens is 466 g/mol. The van der Waals surface area contributed by atoms with Crippen LogP contribution in [0.15, 0.2) is 53.5 Å². The van der Waals surface area contributed by atoms with Gasteiger partial charge in [-0.05, 0) is 42.8 Å². The molecule has 1 atom stereocenters. The van der Waals surface area contributed by atoms with E-state index in [1.165, 1.54) is 26.3 Å². The van der Waals surface area contributed by atoms with Crippen molar-refractivity contribution in [2.75, 3.05) is 12.4 Å². The van der Waals surface area contributed by atoms with Crippen LogP contribution in [0, 0.1) is 12.3 Å². The summed E-state index contributed by atoms with van der Waals surface area (Å²) in [6.07, 6.45) is 1.49. The Morgan fingerprint density at radius 2 is 2.06 bits per heavy atom. The number of nitrogens with one attached hydrogen (secondary N) is 3. The second-order valence-electron chi connectivity index (χ2n) is 7.69. The lowest BCUT2D eigenvalue weighted by molar-refractivity contribution is -0.131. The summed E-state index contributed by atoms with van der Waals surface area (Å²) in [5.41, 5.74) is 7.25. The van der Waals surface area contributed by atoms with Gasteiger partial charge < -0.3 is 20.5 Å². The van der Waals surface area contributed by atoms with Crippen LogP contribution < -0.4 is 26.2 Å². The number of hydrogen-bond donors (Lipinski definition) is 4. The third-order valence-electron chi connectivity index (χ3n) is 5.01. The van der Waals surface area contributed by atoms with Gasteiger partial charge in [0.1, 0.15) is 17.6 Å². The van der Waals surface area contributed by atoms with Gasteiger partial charge in [-0.3, -0.25) is 15.2 Å². The number of hydrogen-bond acceptors (Lipinski definition) is 10. The Hall–Kier alpha value is -5.07. The molecule has 3 aromatic heterocycles. The number of nitrogens with zero attached hydrogens (tertiary/aromatic N) is 5. The number of aromatic nitrogens is 6. The highest BCUT2D eigenvalue weighted by Gasteiger charge is 2.23. The molecule has 13 nitrogen and oxygen atoms in total. The Morgan fingerprint density at radius 1 is 1.25 bits per heavy atom. The van der Waals surface area contributed by atoms with E-state index in [-0.39, 0.29) is 28.8 Å². The predicted molar refractivity (Wildman–Crippen MR) is 130 cm³/mol. The first-order valence-electron chi connectivity index (χ1n) is 10.7. The van der Waals surface area contributed by atoms with Crippen molar-refractivity contribution >= 4 is 17.5 Å².